The van der Waals surface area contributed by atoms with Crippen LogP contribution < -0.4 is 0 Å². The van der Waals surface area contributed by atoms with Crippen molar-refractivity contribution in [1.82, 2.24) is 9.88 Å². The number of rotatable bonds is 3. The zero-order valence-corrected chi connectivity index (χ0v) is 13.0. The number of amides is 1. The molecule has 1 atom stereocenters. The van der Waals surface area contributed by atoms with E-state index in [1.807, 2.05) is 4.90 Å². The molecular formula is C16H16N2O3S. The van der Waals surface area contributed by atoms with E-state index in [1.165, 1.54) is 28.1 Å². The number of aryl methyl sites for hydroxylation is 1. The number of likely N-dealkylation sites (tertiary alicyclic amines) is 1. The quantitative estimate of drug-likeness (QED) is 0.944. The molecule has 0 saturated carbocycles. The van der Waals surface area contributed by atoms with Gasteiger partial charge in [-0.05, 0) is 44.0 Å². The van der Waals surface area contributed by atoms with E-state index in [2.05, 4.69) is 24.0 Å². The van der Waals surface area contributed by atoms with E-state index >= 15 is 0 Å². The summed E-state index contributed by atoms with van der Waals surface area (Å²) in [5.74, 6) is -1.18. The predicted molar refractivity (Wildman–Crippen MR) is 83.3 cm³/mol. The highest BCUT2D eigenvalue weighted by Crippen LogP contribution is 2.36. The molecule has 2 aromatic rings. The molecule has 1 N–H and O–H groups in total. The van der Waals surface area contributed by atoms with Crippen molar-refractivity contribution in [2.45, 2.75) is 25.8 Å². The van der Waals surface area contributed by atoms with Gasteiger partial charge in [-0.15, -0.1) is 11.3 Å². The Bertz CT molecular complexity index is 708. The van der Waals surface area contributed by atoms with Gasteiger partial charge in [0.05, 0.1) is 11.6 Å². The Morgan fingerprint density at radius 3 is 2.73 bits per heavy atom. The predicted octanol–water partition coefficient (Wildman–Crippen LogP) is 3.13. The van der Waals surface area contributed by atoms with Crippen molar-refractivity contribution in [3.05, 3.63) is 51.5 Å². The average Bonchev–Trinajstić information content (AvgIpc) is 3.15. The number of carboxylic acid groups (broad SMARTS) is 1. The molecule has 1 aliphatic rings. The second-order valence-corrected chi connectivity index (χ2v) is 6.66. The zero-order valence-electron chi connectivity index (χ0n) is 12.2. The molecule has 0 bridgehead atoms. The molecule has 1 amide bonds. The van der Waals surface area contributed by atoms with E-state index in [-0.39, 0.29) is 17.6 Å². The van der Waals surface area contributed by atoms with Crippen LogP contribution in [0.15, 0.2) is 30.5 Å². The zero-order chi connectivity index (χ0) is 15.7. The number of aromatic nitrogens is 1. The van der Waals surface area contributed by atoms with Crippen LogP contribution in [0.3, 0.4) is 0 Å². The number of carboxylic acids is 1. The van der Waals surface area contributed by atoms with E-state index in [4.69, 9.17) is 5.11 Å². The molecule has 0 radical (unpaired) electrons. The lowest BCUT2D eigenvalue weighted by molar-refractivity contribution is 0.0686. The van der Waals surface area contributed by atoms with E-state index < -0.39 is 5.97 Å². The first-order valence-corrected chi connectivity index (χ1v) is 7.94. The third kappa shape index (κ3) is 2.74. The lowest BCUT2D eigenvalue weighted by Gasteiger charge is -2.23. The lowest BCUT2D eigenvalue weighted by Crippen LogP contribution is -2.30. The summed E-state index contributed by atoms with van der Waals surface area (Å²) in [6, 6.07) is 7.18. The Morgan fingerprint density at radius 2 is 2.14 bits per heavy atom. The van der Waals surface area contributed by atoms with Crippen LogP contribution >= 0.6 is 11.3 Å². The highest BCUT2D eigenvalue weighted by Gasteiger charge is 2.31. The van der Waals surface area contributed by atoms with E-state index in [9.17, 15) is 9.59 Å². The summed E-state index contributed by atoms with van der Waals surface area (Å²) in [4.78, 5) is 31.6. The number of pyridine rings is 1. The smallest absolute Gasteiger partial charge is 0.354 e. The lowest BCUT2D eigenvalue weighted by atomic mass is 10.1. The first-order valence-electron chi connectivity index (χ1n) is 7.13. The number of aromatic carboxylic acids is 1. The van der Waals surface area contributed by atoms with Gasteiger partial charge in [-0.3, -0.25) is 4.79 Å². The van der Waals surface area contributed by atoms with Gasteiger partial charge in [0.2, 0.25) is 0 Å². The Hall–Kier alpha value is -2.21. The van der Waals surface area contributed by atoms with Gasteiger partial charge in [0, 0.05) is 22.5 Å². The van der Waals surface area contributed by atoms with Crippen molar-refractivity contribution in [1.29, 1.82) is 0 Å². The summed E-state index contributed by atoms with van der Waals surface area (Å²) < 4.78 is 0. The molecule has 3 heterocycles. The molecule has 0 unspecified atom stereocenters. The summed E-state index contributed by atoms with van der Waals surface area (Å²) >= 11 is 1.72. The fraction of sp³-hybridized carbons (Fsp3) is 0.312. The Balaban J connectivity index is 1.82. The van der Waals surface area contributed by atoms with Crippen LogP contribution in [-0.4, -0.2) is 33.4 Å². The minimum Gasteiger partial charge on any atom is -0.477 e. The van der Waals surface area contributed by atoms with Crippen molar-refractivity contribution in [3.8, 4) is 0 Å². The van der Waals surface area contributed by atoms with E-state index in [1.54, 1.807) is 11.3 Å². The van der Waals surface area contributed by atoms with Crippen LogP contribution in [0.1, 0.15) is 49.5 Å². The largest absolute Gasteiger partial charge is 0.477 e. The summed E-state index contributed by atoms with van der Waals surface area (Å²) in [5, 5.41) is 8.86. The highest BCUT2D eigenvalue weighted by atomic mass is 32.1. The normalized spacial score (nSPS) is 17.7. The van der Waals surface area contributed by atoms with Crippen LogP contribution in [0, 0.1) is 6.92 Å². The third-order valence-electron chi connectivity index (χ3n) is 3.83. The molecule has 1 saturated heterocycles. The van der Waals surface area contributed by atoms with Crippen molar-refractivity contribution in [2.24, 2.45) is 0 Å². The number of thiophene rings is 1. The van der Waals surface area contributed by atoms with Crippen LogP contribution in [0.25, 0.3) is 0 Å². The van der Waals surface area contributed by atoms with Gasteiger partial charge < -0.3 is 10.0 Å². The molecule has 2 aromatic heterocycles. The van der Waals surface area contributed by atoms with Crippen LogP contribution in [0.4, 0.5) is 0 Å². The molecule has 5 nitrogen and oxygen atoms in total. The fourth-order valence-electron chi connectivity index (χ4n) is 2.75. The second kappa shape index (κ2) is 5.88. The van der Waals surface area contributed by atoms with Gasteiger partial charge in [0.1, 0.15) is 5.69 Å². The second-order valence-electron chi connectivity index (χ2n) is 5.34. The maximum absolute atomic E-state index is 12.7. The van der Waals surface area contributed by atoms with Crippen molar-refractivity contribution in [3.63, 3.8) is 0 Å². The number of carbonyl (C=O) groups excluding carboxylic acids is 1. The standard InChI is InChI=1S/C16H16N2O3S/c1-10-4-7-14(22-10)13-3-2-8-18(13)15(19)11-5-6-12(16(20)21)17-9-11/h4-7,9,13H,2-3,8H2,1H3,(H,20,21)/t13-/m1/s1. The molecule has 3 rings (SSSR count). The first-order chi connectivity index (χ1) is 10.6. The number of hydrogen-bond acceptors (Lipinski definition) is 4. The summed E-state index contributed by atoms with van der Waals surface area (Å²) in [7, 11) is 0. The van der Waals surface area contributed by atoms with Gasteiger partial charge in [0.15, 0.2) is 0 Å². The molecule has 1 fully saturated rings. The van der Waals surface area contributed by atoms with Crippen LogP contribution in [0.5, 0.6) is 0 Å². The first kappa shape index (κ1) is 14.7. The van der Waals surface area contributed by atoms with Crippen molar-refractivity contribution in [2.75, 3.05) is 6.54 Å². The van der Waals surface area contributed by atoms with Crippen LogP contribution in [0.2, 0.25) is 0 Å². The number of hydrogen-bond donors (Lipinski definition) is 1. The molecule has 22 heavy (non-hydrogen) atoms. The molecule has 0 aromatic carbocycles. The highest BCUT2D eigenvalue weighted by molar-refractivity contribution is 7.12. The van der Waals surface area contributed by atoms with Gasteiger partial charge in [0.25, 0.3) is 5.91 Å². The van der Waals surface area contributed by atoms with Gasteiger partial charge >= 0.3 is 5.97 Å². The average molecular weight is 316 g/mol. The van der Waals surface area contributed by atoms with Gasteiger partial charge in [-0.2, -0.15) is 0 Å². The number of carbonyl (C=O) groups is 2. The molecular weight excluding hydrogens is 300 g/mol. The molecule has 0 spiro atoms. The SMILES string of the molecule is Cc1ccc([C@H]2CCCN2C(=O)c2ccc(C(=O)O)nc2)s1. The summed E-state index contributed by atoms with van der Waals surface area (Å²) in [6.45, 7) is 2.78. The van der Waals surface area contributed by atoms with Crippen molar-refractivity contribution < 1.29 is 14.7 Å². The molecule has 114 valence electrons. The Kier molecular flexibility index (Phi) is 3.94. The molecule has 1 aliphatic heterocycles. The van der Waals surface area contributed by atoms with E-state index in [0.29, 0.717) is 5.56 Å². The molecule has 0 aliphatic carbocycles. The Labute approximate surface area is 132 Å². The van der Waals surface area contributed by atoms with Gasteiger partial charge in [-0.25, -0.2) is 9.78 Å². The van der Waals surface area contributed by atoms with Crippen molar-refractivity contribution >= 4 is 23.2 Å². The summed E-state index contributed by atoms with van der Waals surface area (Å²) in [5.41, 5.74) is 0.383. The topological polar surface area (TPSA) is 70.5 Å². The monoisotopic (exact) mass is 316 g/mol. The Morgan fingerprint density at radius 1 is 1.32 bits per heavy atom. The third-order valence-corrected chi connectivity index (χ3v) is 4.93. The molecule has 6 heteroatoms. The minimum absolute atomic E-state index is 0.0524. The summed E-state index contributed by atoms with van der Waals surface area (Å²) in [6.07, 6.45) is 3.29. The fourth-order valence-corrected chi connectivity index (χ4v) is 3.78. The van der Waals surface area contributed by atoms with E-state index in [0.717, 1.165) is 19.4 Å². The van der Waals surface area contributed by atoms with Crippen LogP contribution in [-0.2, 0) is 0 Å². The number of nitrogens with zero attached hydrogens (tertiary/aromatic N) is 2. The maximum atomic E-state index is 12.7. The maximum Gasteiger partial charge on any atom is 0.354 e. The van der Waals surface area contributed by atoms with Gasteiger partial charge in [-0.1, -0.05) is 0 Å². The minimum atomic E-state index is -1.09.